The maximum atomic E-state index is 12.7. The Balaban J connectivity index is 1.46. The van der Waals surface area contributed by atoms with Crippen LogP contribution in [0.25, 0.3) is 0 Å². The van der Waals surface area contributed by atoms with Crippen molar-refractivity contribution in [2.24, 2.45) is 4.99 Å². The molecule has 9 nitrogen and oxygen atoms in total. The van der Waals surface area contributed by atoms with Gasteiger partial charge in [-0.1, -0.05) is 42.1 Å². The minimum atomic E-state index is -1.41. The Kier molecular flexibility index (Phi) is 6.35. The molecule has 4 N–H and O–H groups in total. The van der Waals surface area contributed by atoms with E-state index in [-0.39, 0.29) is 5.70 Å². The van der Waals surface area contributed by atoms with Crippen LogP contribution >= 0.6 is 23.5 Å². The third kappa shape index (κ3) is 4.34. The van der Waals surface area contributed by atoms with E-state index >= 15 is 0 Å². The van der Waals surface area contributed by atoms with E-state index in [0.29, 0.717) is 29.3 Å². The van der Waals surface area contributed by atoms with Crippen molar-refractivity contribution in [2.75, 3.05) is 18.8 Å². The summed E-state index contributed by atoms with van der Waals surface area (Å²) in [5, 5.41) is 26.9. The number of benzene rings is 1. The number of β-lactam (4-membered cyclic amide) rings is 1. The van der Waals surface area contributed by atoms with Crippen LogP contribution < -0.4 is 10.6 Å². The van der Waals surface area contributed by atoms with E-state index in [9.17, 15) is 24.6 Å². The second-order valence-corrected chi connectivity index (χ2v) is 9.10. The SMILES string of the molecule is O=C(O)C1=C(SC=C2CN=CNC2)CS[C@@H]2C(NC(=O)[C@H](O)c3ccccc3)C(=O)N12. The van der Waals surface area contributed by atoms with Crippen LogP contribution in [0.2, 0.25) is 0 Å². The minimum Gasteiger partial charge on any atom is -0.477 e. The lowest BCUT2D eigenvalue weighted by molar-refractivity contribution is -0.151. The molecule has 0 aromatic heterocycles. The molecule has 0 radical (unpaired) electrons. The molecule has 0 spiro atoms. The number of rotatable bonds is 6. The second kappa shape index (κ2) is 9.16. The van der Waals surface area contributed by atoms with Crippen molar-refractivity contribution >= 4 is 47.6 Å². The number of nitrogens with one attached hydrogen (secondary N) is 2. The van der Waals surface area contributed by atoms with Crippen LogP contribution in [0, 0.1) is 0 Å². The number of hydrogen-bond acceptors (Lipinski definition) is 8. The summed E-state index contributed by atoms with van der Waals surface area (Å²) in [5.41, 5.74) is 1.38. The zero-order valence-corrected chi connectivity index (χ0v) is 17.9. The topological polar surface area (TPSA) is 131 Å². The summed E-state index contributed by atoms with van der Waals surface area (Å²) in [5.74, 6) is -1.98. The predicted octanol–water partition coefficient (Wildman–Crippen LogP) is 0.665. The van der Waals surface area contributed by atoms with Crippen LogP contribution in [0.3, 0.4) is 0 Å². The van der Waals surface area contributed by atoms with Crippen molar-refractivity contribution < 1.29 is 24.6 Å². The number of nitrogens with zero attached hydrogens (tertiary/aromatic N) is 2. The largest absolute Gasteiger partial charge is 0.477 e. The standard InChI is InChI=1S/C20H20N4O5S2/c25-16(12-4-2-1-3-5-12)17(26)23-14-18(27)24-15(20(28)29)13(9-31-19(14)24)30-8-11-6-21-10-22-7-11/h1-5,8,10,14,16,19,25H,6-7,9H2,(H,21,22)(H,23,26)(H,28,29)/t14?,16-,19-/m1/s1. The Bertz CT molecular complexity index is 995. The number of aliphatic hydroxyl groups is 1. The first kappa shape index (κ1) is 21.5. The highest BCUT2D eigenvalue weighted by molar-refractivity contribution is 8.08. The van der Waals surface area contributed by atoms with E-state index in [2.05, 4.69) is 15.6 Å². The van der Waals surface area contributed by atoms with E-state index in [1.54, 1.807) is 36.7 Å². The van der Waals surface area contributed by atoms with E-state index in [1.807, 2.05) is 5.41 Å². The number of aliphatic carboxylic acids is 1. The molecule has 3 aliphatic heterocycles. The van der Waals surface area contributed by atoms with Crippen molar-refractivity contribution in [3.05, 3.63) is 57.5 Å². The van der Waals surface area contributed by atoms with Gasteiger partial charge in [0.2, 0.25) is 0 Å². The number of amides is 2. The van der Waals surface area contributed by atoms with Gasteiger partial charge in [-0.25, -0.2) is 4.79 Å². The molecule has 3 heterocycles. The molecule has 0 bridgehead atoms. The molecule has 162 valence electrons. The summed E-state index contributed by atoms with van der Waals surface area (Å²) in [6.07, 6.45) is 0.225. The molecule has 3 atom stereocenters. The molecule has 1 saturated heterocycles. The Labute approximate surface area is 186 Å². The molecule has 4 rings (SSSR count). The van der Waals surface area contributed by atoms with Crippen LogP contribution in [0.1, 0.15) is 11.7 Å². The van der Waals surface area contributed by atoms with Gasteiger partial charge in [0, 0.05) is 17.2 Å². The maximum Gasteiger partial charge on any atom is 0.353 e. The summed E-state index contributed by atoms with van der Waals surface area (Å²) in [6.45, 7) is 1.19. The van der Waals surface area contributed by atoms with E-state index in [4.69, 9.17) is 0 Å². The first-order chi connectivity index (χ1) is 15.0. The first-order valence-electron chi connectivity index (χ1n) is 9.48. The van der Waals surface area contributed by atoms with Crippen molar-refractivity contribution in [1.29, 1.82) is 0 Å². The van der Waals surface area contributed by atoms with Crippen molar-refractivity contribution in [3.63, 3.8) is 0 Å². The maximum absolute atomic E-state index is 12.7. The average Bonchev–Trinajstić information content (AvgIpc) is 2.80. The Morgan fingerprint density at radius 2 is 2.13 bits per heavy atom. The lowest BCUT2D eigenvalue weighted by Gasteiger charge is -2.49. The molecule has 11 heteroatoms. The fourth-order valence-corrected chi connectivity index (χ4v) is 5.83. The van der Waals surface area contributed by atoms with Crippen molar-refractivity contribution in [1.82, 2.24) is 15.5 Å². The van der Waals surface area contributed by atoms with Gasteiger partial charge in [-0.15, -0.1) is 11.8 Å². The molecule has 0 aliphatic carbocycles. The molecule has 3 aliphatic rings. The average molecular weight is 461 g/mol. The number of carboxylic acid groups (broad SMARTS) is 1. The molecule has 0 saturated carbocycles. The highest BCUT2D eigenvalue weighted by Crippen LogP contribution is 2.44. The summed E-state index contributed by atoms with van der Waals surface area (Å²) < 4.78 is 0. The van der Waals surface area contributed by atoms with Gasteiger partial charge in [-0.2, -0.15) is 0 Å². The van der Waals surface area contributed by atoms with E-state index < -0.39 is 35.3 Å². The van der Waals surface area contributed by atoms with Gasteiger partial charge in [0.1, 0.15) is 17.1 Å². The molecule has 1 aromatic carbocycles. The number of fused-ring (bicyclic) bond motifs is 1. The van der Waals surface area contributed by atoms with Gasteiger partial charge in [-0.3, -0.25) is 19.5 Å². The number of aliphatic imine (C=N–C) groups is 1. The van der Waals surface area contributed by atoms with Crippen LogP contribution in [0.15, 0.2) is 56.9 Å². The van der Waals surface area contributed by atoms with Gasteiger partial charge < -0.3 is 20.8 Å². The second-order valence-electron chi connectivity index (χ2n) is 7.03. The number of carboxylic acids is 1. The number of carbonyl (C=O) groups excluding carboxylic acids is 2. The summed E-state index contributed by atoms with van der Waals surface area (Å²) >= 11 is 2.66. The van der Waals surface area contributed by atoms with Crippen molar-refractivity contribution in [3.8, 4) is 0 Å². The molecule has 2 amide bonds. The number of aliphatic hydroxyl groups excluding tert-OH is 1. The molecule has 31 heavy (non-hydrogen) atoms. The van der Waals surface area contributed by atoms with Gasteiger partial charge in [0.15, 0.2) is 6.10 Å². The fourth-order valence-electron chi connectivity index (χ4n) is 3.39. The Morgan fingerprint density at radius 1 is 1.35 bits per heavy atom. The van der Waals surface area contributed by atoms with Crippen LogP contribution in [0.4, 0.5) is 0 Å². The third-order valence-corrected chi connectivity index (χ3v) is 7.51. The van der Waals surface area contributed by atoms with Gasteiger partial charge in [0.25, 0.3) is 11.8 Å². The smallest absolute Gasteiger partial charge is 0.353 e. The minimum absolute atomic E-state index is 0.0584. The van der Waals surface area contributed by atoms with Crippen molar-refractivity contribution in [2.45, 2.75) is 17.5 Å². The Morgan fingerprint density at radius 3 is 2.81 bits per heavy atom. The zero-order chi connectivity index (χ0) is 22.0. The van der Waals surface area contributed by atoms with Crippen LogP contribution in [-0.2, 0) is 14.4 Å². The fraction of sp³-hybridized carbons (Fsp3) is 0.300. The zero-order valence-electron chi connectivity index (χ0n) is 16.2. The van der Waals surface area contributed by atoms with Crippen LogP contribution in [-0.4, -0.2) is 69.5 Å². The summed E-state index contributed by atoms with van der Waals surface area (Å²) in [7, 11) is 0. The summed E-state index contributed by atoms with van der Waals surface area (Å²) in [4.78, 5) is 43.0. The lowest BCUT2D eigenvalue weighted by Crippen LogP contribution is -2.70. The summed E-state index contributed by atoms with van der Waals surface area (Å²) in [6, 6.07) is 7.52. The number of thioether (sulfide) groups is 2. The molecular weight excluding hydrogens is 440 g/mol. The molecular formula is C20H20N4O5S2. The highest BCUT2D eigenvalue weighted by atomic mass is 32.2. The molecule has 1 fully saturated rings. The quantitative estimate of drug-likeness (QED) is 0.456. The lowest BCUT2D eigenvalue weighted by atomic mass is 10.0. The molecule has 1 aromatic rings. The van der Waals surface area contributed by atoms with Crippen LogP contribution in [0.5, 0.6) is 0 Å². The Hall–Kier alpha value is -2.76. The number of carbonyl (C=O) groups is 3. The van der Waals surface area contributed by atoms with E-state index in [1.165, 1.54) is 28.4 Å². The van der Waals surface area contributed by atoms with Gasteiger partial charge >= 0.3 is 5.97 Å². The first-order valence-corrected chi connectivity index (χ1v) is 11.4. The normalized spacial score (nSPS) is 24.9. The van der Waals surface area contributed by atoms with Gasteiger partial charge in [-0.05, 0) is 16.5 Å². The monoisotopic (exact) mass is 460 g/mol. The van der Waals surface area contributed by atoms with E-state index in [0.717, 1.165) is 5.57 Å². The highest BCUT2D eigenvalue weighted by Gasteiger charge is 2.54. The predicted molar refractivity (Wildman–Crippen MR) is 118 cm³/mol. The molecule has 1 unspecified atom stereocenters. The third-order valence-electron chi connectivity index (χ3n) is 4.97. The number of hydrogen-bond donors (Lipinski definition) is 4. The van der Waals surface area contributed by atoms with Gasteiger partial charge in [0.05, 0.1) is 12.9 Å².